The van der Waals surface area contributed by atoms with Gasteiger partial charge in [-0.1, -0.05) is 42.7 Å². The van der Waals surface area contributed by atoms with Crippen LogP contribution in [-0.2, 0) is 26.6 Å². The largest absolute Gasteiger partial charge is 0.296 e. The number of piperazine rings is 1. The van der Waals surface area contributed by atoms with Crippen LogP contribution < -0.4 is 4.72 Å². The third-order valence-electron chi connectivity index (χ3n) is 6.27. The highest BCUT2D eigenvalue weighted by Crippen LogP contribution is 2.23. The third kappa shape index (κ3) is 5.40. The molecule has 1 N–H and O–H groups in total. The molecule has 32 heavy (non-hydrogen) atoms. The van der Waals surface area contributed by atoms with Gasteiger partial charge in [0, 0.05) is 38.8 Å². The van der Waals surface area contributed by atoms with Crippen molar-refractivity contribution in [2.45, 2.75) is 55.0 Å². The first-order valence-corrected chi connectivity index (χ1v) is 14.1. The van der Waals surface area contributed by atoms with Crippen LogP contribution in [0.3, 0.4) is 0 Å². The molecule has 0 amide bonds. The van der Waals surface area contributed by atoms with Gasteiger partial charge in [0.25, 0.3) is 0 Å². The van der Waals surface area contributed by atoms with Gasteiger partial charge in [0.05, 0.1) is 9.79 Å². The van der Waals surface area contributed by atoms with Crippen LogP contribution in [-0.4, -0.2) is 58.3 Å². The fraction of sp³-hybridized carbons (Fsp3) is 0.478. The lowest BCUT2D eigenvalue weighted by Crippen LogP contribution is -2.48. The summed E-state index contributed by atoms with van der Waals surface area (Å²) in [7, 11) is -7.29. The fourth-order valence-corrected chi connectivity index (χ4v) is 7.19. The first kappa shape index (κ1) is 23.4. The summed E-state index contributed by atoms with van der Waals surface area (Å²) in [6, 6.07) is 13.9. The lowest BCUT2D eigenvalue weighted by molar-refractivity contribution is 0.181. The maximum Gasteiger partial charge on any atom is 0.243 e. The van der Waals surface area contributed by atoms with Crippen molar-refractivity contribution in [1.29, 1.82) is 0 Å². The van der Waals surface area contributed by atoms with Crippen LogP contribution in [0.4, 0.5) is 0 Å². The Morgan fingerprint density at radius 3 is 2.12 bits per heavy atom. The molecule has 4 rings (SSSR count). The van der Waals surface area contributed by atoms with E-state index in [1.807, 2.05) is 6.07 Å². The highest BCUT2D eigenvalue weighted by molar-refractivity contribution is 7.89. The highest BCUT2D eigenvalue weighted by atomic mass is 32.2. The molecule has 1 aliphatic heterocycles. The Balaban J connectivity index is 1.38. The molecule has 0 aromatic heterocycles. The minimum Gasteiger partial charge on any atom is -0.296 e. The number of hydrogen-bond donors (Lipinski definition) is 1. The van der Waals surface area contributed by atoms with E-state index < -0.39 is 20.0 Å². The highest BCUT2D eigenvalue weighted by Gasteiger charge is 2.29. The van der Waals surface area contributed by atoms with E-state index in [4.69, 9.17) is 0 Å². The van der Waals surface area contributed by atoms with Gasteiger partial charge in [0.15, 0.2) is 0 Å². The molecule has 0 radical (unpaired) electrons. The van der Waals surface area contributed by atoms with Gasteiger partial charge in [-0.05, 0) is 49.6 Å². The summed E-state index contributed by atoms with van der Waals surface area (Å²) in [4.78, 5) is 2.49. The molecular weight excluding hydrogens is 446 g/mol. The second-order valence-corrected chi connectivity index (χ2v) is 12.4. The van der Waals surface area contributed by atoms with E-state index in [0.717, 1.165) is 32.2 Å². The fourth-order valence-electron chi connectivity index (χ4n) is 4.47. The maximum atomic E-state index is 13.1. The first-order valence-electron chi connectivity index (χ1n) is 11.1. The second-order valence-electron chi connectivity index (χ2n) is 8.74. The molecule has 2 aliphatic rings. The molecule has 9 heteroatoms. The van der Waals surface area contributed by atoms with Gasteiger partial charge in [-0.3, -0.25) is 4.90 Å². The van der Waals surface area contributed by atoms with E-state index in [1.54, 1.807) is 0 Å². The molecule has 2 aromatic carbocycles. The van der Waals surface area contributed by atoms with Crippen molar-refractivity contribution in [3.05, 3.63) is 59.7 Å². The molecule has 174 valence electrons. The number of rotatable bonds is 7. The average molecular weight is 478 g/mol. The van der Waals surface area contributed by atoms with Crippen molar-refractivity contribution < 1.29 is 16.8 Å². The van der Waals surface area contributed by atoms with Gasteiger partial charge in [0.2, 0.25) is 20.0 Å². The van der Waals surface area contributed by atoms with Gasteiger partial charge in [-0.25, -0.2) is 21.6 Å². The summed E-state index contributed by atoms with van der Waals surface area (Å²) >= 11 is 0. The summed E-state index contributed by atoms with van der Waals surface area (Å²) in [6.45, 7) is 5.01. The summed E-state index contributed by atoms with van der Waals surface area (Å²) in [5.41, 5.74) is 2.44. The number of nitrogens with zero attached hydrogens (tertiary/aromatic N) is 2. The van der Waals surface area contributed by atoms with Crippen LogP contribution in [0.5, 0.6) is 0 Å². The average Bonchev–Trinajstić information content (AvgIpc) is 3.27. The predicted octanol–water partition coefficient (Wildman–Crippen LogP) is 2.72. The van der Waals surface area contributed by atoms with E-state index in [2.05, 4.69) is 34.7 Å². The minimum absolute atomic E-state index is 0.0282. The minimum atomic E-state index is -3.66. The molecule has 0 spiro atoms. The standard InChI is InChI=1S/C23H31N3O4S2/c1-19-5-4-6-20(17-19)18-25-13-15-26(16-14-25)32(29,30)23-11-9-22(10-12-23)31(27,28)24-21-7-2-3-8-21/h4-6,9-12,17,21,24H,2-3,7-8,13-16,18H2,1H3. The lowest BCUT2D eigenvalue weighted by atomic mass is 10.1. The first-order chi connectivity index (χ1) is 15.2. The van der Waals surface area contributed by atoms with E-state index in [1.165, 1.54) is 39.7 Å². The monoisotopic (exact) mass is 477 g/mol. The Hall–Kier alpha value is -1.78. The zero-order chi connectivity index (χ0) is 22.8. The van der Waals surface area contributed by atoms with Crippen LogP contribution in [0, 0.1) is 6.92 Å². The van der Waals surface area contributed by atoms with Gasteiger partial charge in [0.1, 0.15) is 0 Å². The molecule has 1 heterocycles. The van der Waals surface area contributed by atoms with E-state index in [-0.39, 0.29) is 15.8 Å². The molecule has 0 bridgehead atoms. The van der Waals surface area contributed by atoms with Crippen LogP contribution in [0.25, 0.3) is 0 Å². The smallest absolute Gasteiger partial charge is 0.243 e. The van der Waals surface area contributed by atoms with E-state index >= 15 is 0 Å². The molecule has 0 atom stereocenters. The Kier molecular flexibility index (Phi) is 7.02. The molecule has 2 fully saturated rings. The van der Waals surface area contributed by atoms with E-state index in [0.29, 0.717) is 26.2 Å². The van der Waals surface area contributed by atoms with E-state index in [9.17, 15) is 16.8 Å². The van der Waals surface area contributed by atoms with Crippen molar-refractivity contribution in [2.75, 3.05) is 26.2 Å². The summed E-state index contributed by atoms with van der Waals surface area (Å²) in [5, 5.41) is 0. The van der Waals surface area contributed by atoms with Crippen molar-refractivity contribution in [3.63, 3.8) is 0 Å². The van der Waals surface area contributed by atoms with Crippen LogP contribution >= 0.6 is 0 Å². The van der Waals surface area contributed by atoms with Gasteiger partial charge < -0.3 is 0 Å². The Morgan fingerprint density at radius 1 is 0.875 bits per heavy atom. The van der Waals surface area contributed by atoms with Crippen LogP contribution in [0.1, 0.15) is 36.8 Å². The summed E-state index contributed by atoms with van der Waals surface area (Å²) in [6.07, 6.45) is 3.76. The van der Waals surface area contributed by atoms with Gasteiger partial charge >= 0.3 is 0 Å². The molecule has 1 saturated heterocycles. The Morgan fingerprint density at radius 2 is 1.50 bits per heavy atom. The normalized spacial score (nSPS) is 19.4. The molecule has 0 unspecified atom stereocenters. The zero-order valence-electron chi connectivity index (χ0n) is 18.4. The third-order valence-corrected chi connectivity index (χ3v) is 9.72. The second kappa shape index (κ2) is 9.61. The van der Waals surface area contributed by atoms with Crippen molar-refractivity contribution in [1.82, 2.24) is 13.9 Å². The molecule has 1 aliphatic carbocycles. The van der Waals surface area contributed by atoms with Crippen molar-refractivity contribution in [2.24, 2.45) is 0 Å². The predicted molar refractivity (Wildman–Crippen MR) is 124 cm³/mol. The van der Waals surface area contributed by atoms with Crippen molar-refractivity contribution in [3.8, 4) is 0 Å². The van der Waals surface area contributed by atoms with Crippen LogP contribution in [0.15, 0.2) is 58.3 Å². The number of sulfonamides is 2. The number of benzene rings is 2. The zero-order valence-corrected chi connectivity index (χ0v) is 20.0. The van der Waals surface area contributed by atoms with Crippen LogP contribution in [0.2, 0.25) is 0 Å². The van der Waals surface area contributed by atoms with Gasteiger partial charge in [-0.2, -0.15) is 4.31 Å². The SMILES string of the molecule is Cc1cccc(CN2CCN(S(=O)(=O)c3ccc(S(=O)(=O)NC4CCCC4)cc3)CC2)c1. The molecule has 1 saturated carbocycles. The Labute approximate surface area is 191 Å². The summed E-state index contributed by atoms with van der Waals surface area (Å²) in [5.74, 6) is 0. The lowest BCUT2D eigenvalue weighted by Gasteiger charge is -2.34. The number of aryl methyl sites for hydroxylation is 1. The topological polar surface area (TPSA) is 86.8 Å². The summed E-state index contributed by atoms with van der Waals surface area (Å²) < 4.78 is 55.5. The quantitative estimate of drug-likeness (QED) is 0.663. The molecule has 2 aromatic rings. The maximum absolute atomic E-state index is 13.1. The van der Waals surface area contributed by atoms with Crippen molar-refractivity contribution >= 4 is 20.0 Å². The molecule has 7 nitrogen and oxygen atoms in total. The Bertz CT molecular complexity index is 1130. The number of nitrogens with one attached hydrogen (secondary N) is 1. The number of hydrogen-bond acceptors (Lipinski definition) is 5. The molecular formula is C23H31N3O4S2. The van der Waals surface area contributed by atoms with Gasteiger partial charge in [-0.15, -0.1) is 0 Å².